The highest BCUT2D eigenvalue weighted by molar-refractivity contribution is 6.10. The van der Waals surface area contributed by atoms with E-state index >= 15 is 0 Å². The number of ether oxygens (including phenoxy) is 1. The van der Waals surface area contributed by atoms with E-state index in [1.54, 1.807) is 28.9 Å². The average molecular weight is 885 g/mol. The number of benzene rings is 1. The zero-order chi connectivity index (χ0) is 44.5. The molecule has 64 heavy (non-hydrogen) atoms. The Morgan fingerprint density at radius 3 is 2.58 bits per heavy atom. The van der Waals surface area contributed by atoms with Crippen LogP contribution >= 0.6 is 0 Å². The minimum absolute atomic E-state index is 0.0287. The Kier molecular flexibility index (Phi) is 13.0. The second-order valence-corrected chi connectivity index (χ2v) is 18.3. The van der Waals surface area contributed by atoms with Crippen LogP contribution in [0.15, 0.2) is 42.9 Å². The van der Waals surface area contributed by atoms with Crippen molar-refractivity contribution in [1.82, 2.24) is 34.6 Å². The number of anilines is 3. The normalized spacial score (nSPS) is 25.8. The van der Waals surface area contributed by atoms with Gasteiger partial charge in [0.15, 0.2) is 11.3 Å². The zero-order valence-corrected chi connectivity index (χ0v) is 36.3. The summed E-state index contributed by atoms with van der Waals surface area (Å²) in [5.74, 6) is -1.51. The molecule has 2 saturated carbocycles. The largest absolute Gasteiger partial charge is 0.391 e. The zero-order valence-electron chi connectivity index (χ0n) is 36.3. The fourth-order valence-electron chi connectivity index (χ4n) is 10.7. The molecular formula is C46H58F2N10O6. The number of carbonyl (C=O) groups excluding carboxylic acids is 4. The summed E-state index contributed by atoms with van der Waals surface area (Å²) in [7, 11) is 1.76. The van der Waals surface area contributed by atoms with Gasteiger partial charge in [-0.05, 0) is 93.7 Å². The highest BCUT2D eigenvalue weighted by atomic mass is 19.3. The molecule has 6 heterocycles. The van der Waals surface area contributed by atoms with Crippen LogP contribution in [0, 0.1) is 11.8 Å². The van der Waals surface area contributed by atoms with Crippen molar-refractivity contribution in [3.8, 4) is 0 Å². The van der Waals surface area contributed by atoms with E-state index in [4.69, 9.17) is 4.74 Å². The lowest BCUT2D eigenvalue weighted by Gasteiger charge is -2.36. The third-order valence-electron chi connectivity index (χ3n) is 14.2. The van der Waals surface area contributed by atoms with Crippen LogP contribution in [0.2, 0.25) is 0 Å². The molecule has 4 atom stereocenters. The van der Waals surface area contributed by atoms with E-state index in [2.05, 4.69) is 36.0 Å². The van der Waals surface area contributed by atoms with Gasteiger partial charge in [-0.25, -0.2) is 18.3 Å². The van der Waals surface area contributed by atoms with Crippen molar-refractivity contribution in [2.24, 2.45) is 11.8 Å². The van der Waals surface area contributed by atoms with Gasteiger partial charge in [-0.15, -0.1) is 0 Å². The summed E-state index contributed by atoms with van der Waals surface area (Å²) in [6.45, 7) is 3.51. The van der Waals surface area contributed by atoms with Crippen LogP contribution in [0.4, 0.5) is 26.0 Å². The molecule has 4 N–H and O–H groups in total. The van der Waals surface area contributed by atoms with E-state index < -0.39 is 36.0 Å². The molecule has 5 aliphatic rings. The third-order valence-corrected chi connectivity index (χ3v) is 14.2. The van der Waals surface area contributed by atoms with Crippen LogP contribution in [0.25, 0.3) is 5.65 Å². The number of likely N-dealkylation sites (tertiary alicyclic amines) is 1. The second-order valence-electron chi connectivity index (χ2n) is 18.3. The number of aliphatic hydroxyl groups excluding tert-OH is 1. The molecule has 3 aliphatic heterocycles. The Balaban J connectivity index is 0.720. The number of hydrogen-bond acceptors (Lipinski definition) is 11. The van der Waals surface area contributed by atoms with Crippen LogP contribution in [-0.4, -0.2) is 110 Å². The first kappa shape index (κ1) is 43.9. The number of nitrogens with one attached hydrogen (secondary N) is 3. The maximum Gasteiger partial charge on any atom is 0.284 e. The lowest BCUT2D eigenvalue weighted by molar-refractivity contribution is -0.139. The molecule has 4 fully saturated rings. The number of alkyl halides is 2. The molecule has 9 rings (SSSR count). The number of para-hydroxylation sites is 1. The molecule has 0 spiro atoms. The summed E-state index contributed by atoms with van der Waals surface area (Å²) in [5, 5.41) is 27.3. The number of likely N-dealkylation sites (N-methyl/N-ethyl adjacent to an activating group) is 1. The van der Waals surface area contributed by atoms with Crippen molar-refractivity contribution in [2.75, 3.05) is 48.8 Å². The second kappa shape index (κ2) is 19.0. The van der Waals surface area contributed by atoms with Gasteiger partial charge in [0.25, 0.3) is 12.3 Å². The highest BCUT2D eigenvalue weighted by Gasteiger charge is 2.45. The number of piperidine rings is 2. The fourth-order valence-corrected chi connectivity index (χ4v) is 10.7. The van der Waals surface area contributed by atoms with E-state index in [-0.39, 0.29) is 59.2 Å². The number of aromatic nitrogens is 5. The summed E-state index contributed by atoms with van der Waals surface area (Å²) >= 11 is 0. The lowest BCUT2D eigenvalue weighted by atomic mass is 9.81. The molecule has 1 aromatic carbocycles. The van der Waals surface area contributed by atoms with Crippen LogP contribution in [-0.2, 0) is 25.5 Å². The number of nitrogens with zero attached hydrogens (tertiary/aromatic N) is 7. The van der Waals surface area contributed by atoms with Crippen molar-refractivity contribution in [3.63, 3.8) is 0 Å². The SMILES string of the molecule is CN1C(=O)C(C2CCC(=O)NC2=O)c2cccc(CCCOC3CCN(CC4CCC(n5cc(NC(=O)c6cnn7ccc(N[C@@H]8CCCC[C@@H]8O)nc67)c(C(F)F)n5)CC4)CC3)c21. The molecule has 0 bridgehead atoms. The number of hydrogen-bond donors (Lipinski definition) is 4. The van der Waals surface area contributed by atoms with Crippen LogP contribution < -0.4 is 20.9 Å². The van der Waals surface area contributed by atoms with Gasteiger partial charge in [0, 0.05) is 52.1 Å². The van der Waals surface area contributed by atoms with E-state index in [1.807, 2.05) is 18.2 Å². The van der Waals surface area contributed by atoms with Crippen molar-refractivity contribution in [1.29, 1.82) is 0 Å². The first-order valence-corrected chi connectivity index (χ1v) is 23.0. The van der Waals surface area contributed by atoms with Crippen molar-refractivity contribution in [2.45, 2.75) is 127 Å². The smallest absolute Gasteiger partial charge is 0.284 e. The first-order valence-electron chi connectivity index (χ1n) is 23.0. The Hall–Kier alpha value is -5.33. The molecule has 2 saturated heterocycles. The summed E-state index contributed by atoms with van der Waals surface area (Å²) in [5.41, 5.74) is 2.71. The lowest BCUT2D eigenvalue weighted by Crippen LogP contribution is -2.44. The predicted octanol–water partition coefficient (Wildman–Crippen LogP) is 5.79. The summed E-state index contributed by atoms with van der Waals surface area (Å²) < 4.78 is 38.0. The first-order chi connectivity index (χ1) is 31.0. The van der Waals surface area contributed by atoms with Gasteiger partial charge in [0.05, 0.1) is 53.7 Å². The van der Waals surface area contributed by atoms with Gasteiger partial charge in [-0.2, -0.15) is 10.2 Å². The molecule has 2 aliphatic carbocycles. The topological polar surface area (TPSA) is 188 Å². The van der Waals surface area contributed by atoms with E-state index in [9.17, 15) is 33.1 Å². The van der Waals surface area contributed by atoms with E-state index in [1.165, 1.54) is 16.9 Å². The molecule has 342 valence electrons. The van der Waals surface area contributed by atoms with Crippen LogP contribution in [0.5, 0.6) is 0 Å². The molecule has 4 amide bonds. The fraction of sp³-hybridized carbons (Fsp3) is 0.587. The molecule has 18 heteroatoms. The van der Waals surface area contributed by atoms with Gasteiger partial charge in [0.1, 0.15) is 11.4 Å². The third kappa shape index (κ3) is 9.27. The van der Waals surface area contributed by atoms with Gasteiger partial charge in [-0.3, -0.25) is 29.2 Å². The Morgan fingerprint density at radius 2 is 1.81 bits per heavy atom. The minimum atomic E-state index is -2.88. The van der Waals surface area contributed by atoms with Gasteiger partial charge < -0.3 is 30.3 Å². The Morgan fingerprint density at radius 1 is 1.02 bits per heavy atom. The van der Waals surface area contributed by atoms with E-state index in [0.29, 0.717) is 31.2 Å². The average Bonchev–Trinajstić information content (AvgIpc) is 3.98. The quantitative estimate of drug-likeness (QED) is 0.0887. The number of carbonyl (C=O) groups is 4. The maximum absolute atomic E-state index is 14.3. The Labute approximate surface area is 370 Å². The molecule has 3 aromatic heterocycles. The highest BCUT2D eigenvalue weighted by Crippen LogP contribution is 2.45. The monoisotopic (exact) mass is 884 g/mol. The summed E-state index contributed by atoms with van der Waals surface area (Å²) in [6, 6.07) is 7.45. The number of halogens is 2. The van der Waals surface area contributed by atoms with Crippen molar-refractivity contribution in [3.05, 3.63) is 65.2 Å². The van der Waals surface area contributed by atoms with Crippen molar-refractivity contribution >= 4 is 46.5 Å². The number of amides is 4. The summed E-state index contributed by atoms with van der Waals surface area (Å²) in [6.07, 6.45) is 12.5. The molecule has 2 unspecified atom stereocenters. The number of fused-ring (bicyclic) bond motifs is 2. The van der Waals surface area contributed by atoms with Gasteiger partial charge in [0.2, 0.25) is 17.7 Å². The number of aryl methyl sites for hydroxylation is 1. The predicted molar refractivity (Wildman–Crippen MR) is 233 cm³/mol. The van der Waals surface area contributed by atoms with Gasteiger partial charge in [-0.1, -0.05) is 31.0 Å². The number of aliphatic hydroxyl groups is 1. The minimum Gasteiger partial charge on any atom is -0.391 e. The van der Waals surface area contributed by atoms with Crippen molar-refractivity contribution < 1.29 is 37.8 Å². The molecule has 0 radical (unpaired) electrons. The molecule has 16 nitrogen and oxygen atoms in total. The van der Waals surface area contributed by atoms with Crippen LogP contribution in [0.1, 0.15) is 129 Å². The van der Waals surface area contributed by atoms with Gasteiger partial charge >= 0.3 is 0 Å². The standard InChI is InChI=1S/C46H58F2N10O6/c1-55-41-28(6-4-8-31(41)39(46(55)63)32-15-16-38(60)53-44(32)61)7-5-23-64-30-17-20-56(21-18-30)25-27-11-13-29(14-12-27)58-26-35(40(54-58)42(47)48)51-45(62)33-24-49-57-22-19-37(52-43(33)57)50-34-9-2-3-10-36(34)59/h4,6,8,19,22,24,26-27,29-30,32,34,36,39,42,59H,2-3,5,7,9-18,20-21,23,25H2,1H3,(H,50,52)(H,51,62)(H,53,60,61)/t27?,29?,32?,34-,36+,39?/m1/s1. The molecular weight excluding hydrogens is 827 g/mol. The number of imide groups is 1. The van der Waals surface area contributed by atoms with E-state index in [0.717, 1.165) is 107 Å². The maximum atomic E-state index is 14.3. The Bertz CT molecular complexity index is 2360. The molecule has 4 aromatic rings. The number of rotatable bonds is 14. The summed E-state index contributed by atoms with van der Waals surface area (Å²) in [4.78, 5) is 60.0. The van der Waals surface area contributed by atoms with Crippen LogP contribution in [0.3, 0.4) is 0 Å².